The summed E-state index contributed by atoms with van der Waals surface area (Å²) in [6.07, 6.45) is -8.00. The Balaban J connectivity index is 4.88. The van der Waals surface area contributed by atoms with Crippen LogP contribution in [0.2, 0.25) is 0 Å². The summed E-state index contributed by atoms with van der Waals surface area (Å²) in [5.41, 5.74) is 4.74. The van der Waals surface area contributed by atoms with Crippen molar-refractivity contribution in [3.63, 3.8) is 0 Å². The van der Waals surface area contributed by atoms with Crippen molar-refractivity contribution >= 4 is 0 Å². The van der Waals surface area contributed by atoms with E-state index in [1.807, 2.05) is 0 Å². The maximum Gasteiger partial charge on any atom is 0.459 e. The zero-order valence-electron chi connectivity index (χ0n) is 7.01. The predicted molar refractivity (Wildman–Crippen MR) is 34.2 cm³/mol. The van der Waals surface area contributed by atoms with Gasteiger partial charge in [-0.25, -0.2) is 0 Å². The Morgan fingerprint density at radius 1 is 1.00 bits per heavy atom. The van der Waals surface area contributed by atoms with Crippen LogP contribution in [-0.4, -0.2) is 24.1 Å². The molecule has 0 aromatic heterocycles. The van der Waals surface area contributed by atoms with E-state index in [-0.39, 0.29) is 0 Å². The van der Waals surface area contributed by atoms with Crippen LogP contribution in [0, 0.1) is 0 Å². The van der Waals surface area contributed by atoms with E-state index in [1.165, 1.54) is 0 Å². The highest BCUT2D eigenvalue weighted by Crippen LogP contribution is 2.48. The quantitative estimate of drug-likeness (QED) is 0.736. The van der Waals surface area contributed by atoms with Gasteiger partial charge in [0.15, 0.2) is 0 Å². The molecule has 1 nitrogen and oxygen atoms in total. The Labute approximate surface area is 75.1 Å². The highest BCUT2D eigenvalue weighted by molar-refractivity contribution is 4.92. The second kappa shape index (κ2) is 3.56. The number of halogens is 7. The molecule has 0 saturated carbocycles. The Hall–Kier alpha value is -0.530. The normalized spacial score (nSPS) is 16.9. The highest BCUT2D eigenvalue weighted by Gasteiger charge is 2.72. The molecule has 86 valence electrons. The summed E-state index contributed by atoms with van der Waals surface area (Å²) >= 11 is 0. The third-order valence-corrected chi connectivity index (χ3v) is 1.39. The van der Waals surface area contributed by atoms with Crippen molar-refractivity contribution in [3.05, 3.63) is 0 Å². The van der Waals surface area contributed by atoms with Gasteiger partial charge in [-0.3, -0.25) is 0 Å². The smallest absolute Gasteiger partial charge is 0.328 e. The van der Waals surface area contributed by atoms with Crippen LogP contribution in [0.5, 0.6) is 0 Å². The molecule has 0 rings (SSSR count). The summed E-state index contributed by atoms with van der Waals surface area (Å²) in [6.45, 7) is 0.917. The fraction of sp³-hybridized carbons (Fsp3) is 1.00. The highest BCUT2D eigenvalue weighted by atomic mass is 19.4. The van der Waals surface area contributed by atoms with Crippen molar-refractivity contribution in [2.24, 2.45) is 5.73 Å². The standard InChI is InChI=1S/C6H8F7N/c1-3(14)2-4(7,8)5(9,10)6(11,12)13/h3H,2,14H2,1H3. The molecule has 0 radical (unpaired) electrons. The van der Waals surface area contributed by atoms with Crippen LogP contribution < -0.4 is 5.73 Å². The first-order valence-electron chi connectivity index (χ1n) is 3.50. The van der Waals surface area contributed by atoms with Gasteiger partial charge in [-0.1, -0.05) is 0 Å². The molecule has 2 N–H and O–H groups in total. The fourth-order valence-electron chi connectivity index (χ4n) is 0.740. The van der Waals surface area contributed by atoms with Crippen molar-refractivity contribution in [3.8, 4) is 0 Å². The summed E-state index contributed by atoms with van der Waals surface area (Å²) in [5, 5.41) is 0. The summed E-state index contributed by atoms with van der Waals surface area (Å²) in [7, 11) is 0. The van der Waals surface area contributed by atoms with Gasteiger partial charge in [0.05, 0.1) is 0 Å². The zero-order valence-corrected chi connectivity index (χ0v) is 7.01. The van der Waals surface area contributed by atoms with E-state index in [1.54, 1.807) is 0 Å². The van der Waals surface area contributed by atoms with Crippen LogP contribution in [0.4, 0.5) is 30.7 Å². The van der Waals surface area contributed by atoms with E-state index in [4.69, 9.17) is 5.73 Å². The average molecular weight is 227 g/mol. The number of alkyl halides is 7. The van der Waals surface area contributed by atoms with Crippen molar-refractivity contribution in [2.45, 2.75) is 37.4 Å². The molecule has 0 heterocycles. The third-order valence-electron chi connectivity index (χ3n) is 1.39. The fourth-order valence-corrected chi connectivity index (χ4v) is 0.740. The summed E-state index contributed by atoms with van der Waals surface area (Å²) in [6, 6.07) is -1.45. The van der Waals surface area contributed by atoms with Crippen LogP contribution in [0.1, 0.15) is 13.3 Å². The van der Waals surface area contributed by atoms with Gasteiger partial charge in [-0.15, -0.1) is 0 Å². The maximum absolute atomic E-state index is 12.4. The summed E-state index contributed by atoms with van der Waals surface area (Å²) in [5.74, 6) is -11.2. The minimum atomic E-state index is -6.27. The van der Waals surface area contributed by atoms with E-state index in [0.717, 1.165) is 6.92 Å². The molecular formula is C6H8F7N. The first kappa shape index (κ1) is 13.5. The molecule has 0 bridgehead atoms. The molecule has 1 unspecified atom stereocenters. The molecule has 1 atom stereocenters. The summed E-state index contributed by atoms with van der Waals surface area (Å²) in [4.78, 5) is 0. The van der Waals surface area contributed by atoms with Crippen LogP contribution in [0.3, 0.4) is 0 Å². The van der Waals surface area contributed by atoms with Gasteiger partial charge in [0, 0.05) is 12.5 Å². The van der Waals surface area contributed by atoms with Gasteiger partial charge < -0.3 is 5.73 Å². The molecule has 0 aliphatic heterocycles. The second-order valence-electron chi connectivity index (χ2n) is 2.96. The molecule has 0 fully saturated rings. The molecule has 0 aromatic rings. The van der Waals surface area contributed by atoms with E-state index < -0.39 is 30.5 Å². The van der Waals surface area contributed by atoms with E-state index >= 15 is 0 Å². The van der Waals surface area contributed by atoms with E-state index in [0.29, 0.717) is 0 Å². The van der Waals surface area contributed by atoms with Crippen molar-refractivity contribution in [1.82, 2.24) is 0 Å². The Morgan fingerprint density at radius 2 is 1.36 bits per heavy atom. The molecular weight excluding hydrogens is 219 g/mol. The minimum Gasteiger partial charge on any atom is -0.328 e. The number of rotatable bonds is 3. The molecule has 14 heavy (non-hydrogen) atoms. The van der Waals surface area contributed by atoms with Crippen molar-refractivity contribution in [2.75, 3.05) is 0 Å². The van der Waals surface area contributed by atoms with Crippen LogP contribution >= 0.6 is 0 Å². The van der Waals surface area contributed by atoms with Gasteiger partial charge >= 0.3 is 18.0 Å². The van der Waals surface area contributed by atoms with Crippen molar-refractivity contribution < 1.29 is 30.7 Å². The van der Waals surface area contributed by atoms with Gasteiger partial charge in [-0.2, -0.15) is 30.7 Å². The molecule has 0 spiro atoms. The topological polar surface area (TPSA) is 26.0 Å². The molecule has 0 aliphatic rings. The predicted octanol–water partition coefficient (Wildman–Crippen LogP) is 2.56. The maximum atomic E-state index is 12.4. The Kier molecular flexibility index (Phi) is 3.42. The number of nitrogens with two attached hydrogens (primary N) is 1. The van der Waals surface area contributed by atoms with Crippen LogP contribution in [-0.2, 0) is 0 Å². The lowest BCUT2D eigenvalue weighted by Crippen LogP contribution is -2.53. The van der Waals surface area contributed by atoms with E-state index in [2.05, 4.69) is 0 Å². The van der Waals surface area contributed by atoms with Gasteiger partial charge in [0.2, 0.25) is 0 Å². The molecule has 0 aliphatic carbocycles. The lowest BCUT2D eigenvalue weighted by molar-refractivity contribution is -0.356. The summed E-state index contributed by atoms with van der Waals surface area (Å²) < 4.78 is 83.6. The van der Waals surface area contributed by atoms with Crippen LogP contribution in [0.25, 0.3) is 0 Å². The lowest BCUT2D eigenvalue weighted by Gasteiger charge is -2.29. The average Bonchev–Trinajstić information content (AvgIpc) is 1.80. The molecule has 0 aromatic carbocycles. The van der Waals surface area contributed by atoms with Crippen molar-refractivity contribution in [1.29, 1.82) is 0 Å². The second-order valence-corrected chi connectivity index (χ2v) is 2.96. The van der Waals surface area contributed by atoms with Gasteiger partial charge in [-0.05, 0) is 6.92 Å². The Bertz CT molecular complexity index is 195. The largest absolute Gasteiger partial charge is 0.459 e. The first-order valence-corrected chi connectivity index (χ1v) is 3.50. The molecule has 0 saturated heterocycles. The van der Waals surface area contributed by atoms with E-state index in [9.17, 15) is 30.7 Å². The Morgan fingerprint density at radius 3 is 1.57 bits per heavy atom. The molecule has 0 amide bonds. The SMILES string of the molecule is CC(N)CC(F)(F)C(F)(F)C(F)(F)F. The minimum absolute atomic E-state index is 0.917. The first-order chi connectivity index (χ1) is 5.92. The van der Waals surface area contributed by atoms with Crippen LogP contribution in [0.15, 0.2) is 0 Å². The number of hydrogen-bond acceptors (Lipinski definition) is 1. The van der Waals surface area contributed by atoms with Gasteiger partial charge in [0.1, 0.15) is 0 Å². The number of hydrogen-bond donors (Lipinski definition) is 1. The monoisotopic (exact) mass is 227 g/mol. The third kappa shape index (κ3) is 2.49. The molecule has 8 heteroatoms. The zero-order chi connectivity index (χ0) is 11.8. The van der Waals surface area contributed by atoms with Gasteiger partial charge in [0.25, 0.3) is 0 Å². The lowest BCUT2D eigenvalue weighted by atomic mass is 10.0.